The van der Waals surface area contributed by atoms with Crippen molar-refractivity contribution in [3.05, 3.63) is 60.7 Å². The van der Waals surface area contributed by atoms with E-state index in [4.69, 9.17) is 9.47 Å². The normalized spacial score (nSPS) is 11.9. The maximum absolute atomic E-state index is 12.7. The average molecular weight is 424 g/mol. The largest absolute Gasteiger partial charge is 0.422 e. The van der Waals surface area contributed by atoms with Crippen LogP contribution in [0.25, 0.3) is 43.1 Å². The maximum atomic E-state index is 12.7. The Bertz CT molecular complexity index is 1510. The Hall–Kier alpha value is -3.66. The molecule has 5 rings (SSSR count). The van der Waals surface area contributed by atoms with Gasteiger partial charge < -0.3 is 9.47 Å². The van der Waals surface area contributed by atoms with Gasteiger partial charge in [0, 0.05) is 10.8 Å². The van der Waals surface area contributed by atoms with E-state index in [1.54, 1.807) is 33.8 Å². The Labute approximate surface area is 186 Å². The van der Waals surface area contributed by atoms with E-state index < -0.39 is 0 Å². The molecule has 0 aliphatic heterocycles. The van der Waals surface area contributed by atoms with Crippen LogP contribution in [0.4, 0.5) is 0 Å². The highest BCUT2D eigenvalue weighted by Crippen LogP contribution is 2.48. The fourth-order valence-electron chi connectivity index (χ4n) is 4.29. The fourth-order valence-corrected chi connectivity index (χ4v) is 4.29. The zero-order valence-corrected chi connectivity index (χ0v) is 18.6. The quantitative estimate of drug-likeness (QED) is 0.137. The molecule has 4 heteroatoms. The average Bonchev–Trinajstić information content (AvgIpc) is 2.78. The van der Waals surface area contributed by atoms with Crippen LogP contribution in [-0.2, 0) is 9.59 Å². The summed E-state index contributed by atoms with van der Waals surface area (Å²) in [4.78, 5) is 25.2. The standard InChI is InChI=1S/C28H24O4/c1-15(2)27(29)31-22-14-18-10-7-12-20-19-11-5-8-17-9-6-13-21(23(17)19)25(24(18)20)26(22)32-28(30)16(3)4/h5-16H,1-4H3. The van der Waals surface area contributed by atoms with Gasteiger partial charge in [0.25, 0.3) is 0 Å². The van der Waals surface area contributed by atoms with E-state index in [2.05, 4.69) is 30.3 Å². The third kappa shape index (κ3) is 3.06. The van der Waals surface area contributed by atoms with Crippen molar-refractivity contribution in [2.75, 3.05) is 0 Å². The lowest BCUT2D eigenvalue weighted by Crippen LogP contribution is -2.18. The van der Waals surface area contributed by atoms with E-state index in [9.17, 15) is 9.59 Å². The predicted molar refractivity (Wildman–Crippen MR) is 129 cm³/mol. The van der Waals surface area contributed by atoms with Gasteiger partial charge in [-0.25, -0.2) is 0 Å². The number of ether oxygens (including phenoxy) is 2. The first-order valence-corrected chi connectivity index (χ1v) is 10.9. The fraction of sp³-hybridized carbons (Fsp3) is 0.214. The van der Waals surface area contributed by atoms with Crippen LogP contribution in [0.5, 0.6) is 11.5 Å². The topological polar surface area (TPSA) is 52.6 Å². The van der Waals surface area contributed by atoms with Gasteiger partial charge in [-0.2, -0.15) is 0 Å². The molecule has 0 radical (unpaired) electrons. The van der Waals surface area contributed by atoms with Crippen LogP contribution >= 0.6 is 0 Å². The van der Waals surface area contributed by atoms with Crippen molar-refractivity contribution in [2.45, 2.75) is 27.7 Å². The monoisotopic (exact) mass is 424 g/mol. The van der Waals surface area contributed by atoms with E-state index in [-0.39, 0.29) is 29.5 Å². The highest BCUT2D eigenvalue weighted by molar-refractivity contribution is 6.34. The van der Waals surface area contributed by atoms with Gasteiger partial charge in [-0.1, -0.05) is 82.3 Å². The first-order chi connectivity index (χ1) is 15.4. The van der Waals surface area contributed by atoms with E-state index >= 15 is 0 Å². The van der Waals surface area contributed by atoms with Gasteiger partial charge >= 0.3 is 11.9 Å². The van der Waals surface area contributed by atoms with Gasteiger partial charge in [0.1, 0.15) is 0 Å². The van der Waals surface area contributed by atoms with E-state index in [1.807, 2.05) is 24.3 Å². The van der Waals surface area contributed by atoms with Crippen molar-refractivity contribution in [3.8, 4) is 11.5 Å². The molecule has 0 N–H and O–H groups in total. The second kappa shape index (κ2) is 7.49. The van der Waals surface area contributed by atoms with Gasteiger partial charge in [0.2, 0.25) is 0 Å². The second-order valence-corrected chi connectivity index (χ2v) is 8.84. The first kappa shape index (κ1) is 20.3. The Balaban J connectivity index is 1.98. The minimum absolute atomic E-state index is 0.272. The summed E-state index contributed by atoms with van der Waals surface area (Å²) in [7, 11) is 0. The lowest BCUT2D eigenvalue weighted by atomic mass is 9.89. The zero-order chi connectivity index (χ0) is 22.6. The molecule has 0 aliphatic rings. The molecule has 0 saturated carbocycles. The molecule has 5 aromatic carbocycles. The van der Waals surface area contributed by atoms with Crippen molar-refractivity contribution in [3.63, 3.8) is 0 Å². The van der Waals surface area contributed by atoms with Gasteiger partial charge in [-0.05, 0) is 38.4 Å². The molecule has 0 aliphatic carbocycles. The molecule has 0 aromatic heterocycles. The number of carbonyl (C=O) groups excluding carboxylic acids is 2. The summed E-state index contributed by atoms with van der Waals surface area (Å²) >= 11 is 0. The van der Waals surface area contributed by atoms with Crippen molar-refractivity contribution in [1.29, 1.82) is 0 Å². The second-order valence-electron chi connectivity index (χ2n) is 8.84. The van der Waals surface area contributed by atoms with Gasteiger partial charge in [0.15, 0.2) is 11.5 Å². The molecule has 0 atom stereocenters. The number of hydrogen-bond donors (Lipinski definition) is 0. The summed E-state index contributed by atoms with van der Waals surface area (Å²) < 4.78 is 11.7. The van der Waals surface area contributed by atoms with Crippen molar-refractivity contribution >= 4 is 55.0 Å². The van der Waals surface area contributed by atoms with E-state index in [0.29, 0.717) is 5.75 Å². The number of fused-ring (bicyclic) bond motifs is 2. The predicted octanol–water partition coefficient (Wildman–Crippen LogP) is 6.86. The Morgan fingerprint density at radius 3 is 1.78 bits per heavy atom. The van der Waals surface area contributed by atoms with Crippen LogP contribution in [0.2, 0.25) is 0 Å². The number of benzene rings is 5. The molecule has 0 fully saturated rings. The van der Waals surface area contributed by atoms with Crippen molar-refractivity contribution in [2.24, 2.45) is 11.8 Å². The Kier molecular flexibility index (Phi) is 4.74. The smallest absolute Gasteiger partial charge is 0.313 e. The minimum atomic E-state index is -0.371. The van der Waals surface area contributed by atoms with E-state index in [1.165, 1.54) is 0 Å². The van der Waals surface area contributed by atoms with Gasteiger partial charge in [-0.3, -0.25) is 9.59 Å². The van der Waals surface area contributed by atoms with Crippen molar-refractivity contribution < 1.29 is 19.1 Å². The van der Waals surface area contributed by atoms with Gasteiger partial charge in [-0.15, -0.1) is 0 Å². The number of hydrogen-bond acceptors (Lipinski definition) is 4. The molecule has 160 valence electrons. The molecule has 0 unspecified atom stereocenters. The number of rotatable bonds is 4. The lowest BCUT2D eigenvalue weighted by molar-refractivity contribution is -0.140. The molecule has 0 heterocycles. The number of carbonyl (C=O) groups is 2. The van der Waals surface area contributed by atoms with E-state index in [0.717, 1.165) is 43.1 Å². The summed E-state index contributed by atoms with van der Waals surface area (Å²) in [5.41, 5.74) is 0. The van der Waals surface area contributed by atoms with Crippen molar-refractivity contribution in [1.82, 2.24) is 0 Å². The molecule has 4 nitrogen and oxygen atoms in total. The first-order valence-electron chi connectivity index (χ1n) is 10.9. The molecular formula is C28H24O4. The summed E-state index contributed by atoms with van der Waals surface area (Å²) in [6.45, 7) is 7.14. The molecule has 5 aromatic rings. The molecule has 0 bridgehead atoms. The third-order valence-electron chi connectivity index (χ3n) is 5.90. The third-order valence-corrected chi connectivity index (χ3v) is 5.90. The summed E-state index contributed by atoms with van der Waals surface area (Å²) in [6.07, 6.45) is 0. The maximum Gasteiger partial charge on any atom is 0.313 e. The van der Waals surface area contributed by atoms with Gasteiger partial charge in [0.05, 0.1) is 11.8 Å². The minimum Gasteiger partial charge on any atom is -0.422 e. The molecule has 0 amide bonds. The SMILES string of the molecule is CC(C)C(=O)Oc1cc2cccc3c4cccc5cccc(c(c1OC(=O)C(C)C)c23)c54. The molecule has 0 saturated heterocycles. The van der Waals surface area contributed by atoms with Crippen LogP contribution in [0.15, 0.2) is 60.7 Å². The van der Waals surface area contributed by atoms with Crippen LogP contribution in [0, 0.1) is 11.8 Å². The Morgan fingerprint density at radius 2 is 1.16 bits per heavy atom. The highest BCUT2D eigenvalue weighted by atomic mass is 16.6. The molecule has 0 spiro atoms. The van der Waals surface area contributed by atoms with Crippen LogP contribution in [0.1, 0.15) is 27.7 Å². The molecular weight excluding hydrogens is 400 g/mol. The zero-order valence-electron chi connectivity index (χ0n) is 18.6. The van der Waals surface area contributed by atoms with Crippen LogP contribution in [0.3, 0.4) is 0 Å². The Morgan fingerprint density at radius 1 is 0.625 bits per heavy atom. The summed E-state index contributed by atoms with van der Waals surface area (Å²) in [6, 6.07) is 20.3. The highest BCUT2D eigenvalue weighted by Gasteiger charge is 2.24. The molecule has 32 heavy (non-hydrogen) atoms. The lowest BCUT2D eigenvalue weighted by Gasteiger charge is -2.20. The number of esters is 2. The van der Waals surface area contributed by atoms with Crippen LogP contribution < -0.4 is 9.47 Å². The summed E-state index contributed by atoms with van der Waals surface area (Å²) in [5.74, 6) is -0.803. The summed E-state index contributed by atoms with van der Waals surface area (Å²) in [5, 5.41) is 8.11. The van der Waals surface area contributed by atoms with Crippen LogP contribution in [-0.4, -0.2) is 11.9 Å².